The highest BCUT2D eigenvalue weighted by molar-refractivity contribution is 5.47. The number of non-ortho nitro benzene ring substituents is 1. The summed E-state index contributed by atoms with van der Waals surface area (Å²) in [5, 5.41) is 10.4. The first kappa shape index (κ1) is 13.7. The lowest BCUT2D eigenvalue weighted by Crippen LogP contribution is -1.97. The molecule has 0 aromatic heterocycles. The predicted octanol–water partition coefficient (Wildman–Crippen LogP) is 3.39. The molecule has 0 aliphatic rings. The Morgan fingerprint density at radius 1 is 1.05 bits per heavy atom. The molecule has 0 aliphatic carbocycles. The second-order valence-electron chi connectivity index (χ2n) is 3.78. The van der Waals surface area contributed by atoms with Gasteiger partial charge >= 0.3 is 0 Å². The van der Waals surface area contributed by atoms with Gasteiger partial charge in [-0.2, -0.15) is 0 Å². The van der Waals surface area contributed by atoms with Crippen LogP contribution in [0.5, 0.6) is 11.5 Å². The van der Waals surface area contributed by atoms with Crippen LogP contribution in [0.2, 0.25) is 0 Å². The molecule has 0 radical (unpaired) electrons. The average Bonchev–Trinajstić information content (AvgIpc) is 2.37. The van der Waals surface area contributed by atoms with Crippen molar-refractivity contribution in [2.75, 3.05) is 5.73 Å². The van der Waals surface area contributed by atoms with Gasteiger partial charge in [-0.1, -0.05) is 0 Å². The second kappa shape index (κ2) is 5.08. The van der Waals surface area contributed by atoms with E-state index in [9.17, 15) is 23.3 Å². The van der Waals surface area contributed by atoms with E-state index in [0.29, 0.717) is 12.1 Å². The Hall–Kier alpha value is -2.77. The van der Waals surface area contributed by atoms with E-state index < -0.39 is 33.8 Å². The smallest absolute Gasteiger partial charge is 0.275 e. The molecule has 0 bridgehead atoms. The zero-order valence-electron chi connectivity index (χ0n) is 9.77. The summed E-state index contributed by atoms with van der Waals surface area (Å²) in [6.45, 7) is 0. The summed E-state index contributed by atoms with van der Waals surface area (Å²) in [5.41, 5.74) is 4.28. The van der Waals surface area contributed by atoms with E-state index in [1.165, 1.54) is 0 Å². The summed E-state index contributed by atoms with van der Waals surface area (Å²) >= 11 is 0. The van der Waals surface area contributed by atoms with E-state index in [1.807, 2.05) is 0 Å². The summed E-state index contributed by atoms with van der Waals surface area (Å²) in [5.74, 6) is -4.14. The average molecular weight is 284 g/mol. The summed E-state index contributed by atoms with van der Waals surface area (Å²) in [7, 11) is 0. The number of ether oxygens (including phenoxy) is 1. The maximum Gasteiger partial charge on any atom is 0.275 e. The molecule has 104 valence electrons. The number of benzene rings is 2. The number of halogens is 3. The van der Waals surface area contributed by atoms with Gasteiger partial charge in [0.1, 0.15) is 11.6 Å². The minimum absolute atomic E-state index is 0.101. The van der Waals surface area contributed by atoms with Crippen molar-refractivity contribution < 1.29 is 22.8 Å². The van der Waals surface area contributed by atoms with Crippen molar-refractivity contribution in [1.82, 2.24) is 0 Å². The summed E-state index contributed by atoms with van der Waals surface area (Å²) in [6, 6.07) is 4.16. The van der Waals surface area contributed by atoms with E-state index >= 15 is 0 Å². The van der Waals surface area contributed by atoms with Crippen molar-refractivity contribution in [1.29, 1.82) is 0 Å². The zero-order valence-corrected chi connectivity index (χ0v) is 9.77. The molecule has 0 atom stereocenters. The van der Waals surface area contributed by atoms with Gasteiger partial charge in [0.2, 0.25) is 0 Å². The number of hydrogen-bond donors (Lipinski definition) is 1. The van der Waals surface area contributed by atoms with Gasteiger partial charge in [-0.25, -0.2) is 13.2 Å². The Bertz CT molecular complexity index is 669. The molecular weight excluding hydrogens is 277 g/mol. The number of anilines is 1. The molecule has 2 aromatic rings. The van der Waals surface area contributed by atoms with E-state index in [-0.39, 0.29) is 11.4 Å². The topological polar surface area (TPSA) is 78.4 Å². The van der Waals surface area contributed by atoms with Crippen LogP contribution in [0.1, 0.15) is 0 Å². The monoisotopic (exact) mass is 284 g/mol. The van der Waals surface area contributed by atoms with Crippen LogP contribution in [-0.2, 0) is 0 Å². The van der Waals surface area contributed by atoms with Crippen molar-refractivity contribution in [2.45, 2.75) is 0 Å². The standard InChI is InChI=1S/C12H7F3N2O3/c13-8-2-1-7(5-11(8)16)20-12-9(14)3-6(17(18)19)4-10(12)15/h1-5H,16H2. The number of nitro benzene ring substituents is 1. The number of nitro groups is 1. The minimum atomic E-state index is -1.25. The Labute approximate surface area is 110 Å². The fourth-order valence-electron chi connectivity index (χ4n) is 1.45. The van der Waals surface area contributed by atoms with Crippen LogP contribution < -0.4 is 10.5 Å². The third-order valence-corrected chi connectivity index (χ3v) is 2.38. The summed E-state index contributed by atoms with van der Waals surface area (Å²) in [6.07, 6.45) is 0. The molecule has 2 rings (SSSR count). The molecule has 0 saturated carbocycles. The Kier molecular flexibility index (Phi) is 3.47. The van der Waals surface area contributed by atoms with Crippen LogP contribution in [0.3, 0.4) is 0 Å². The Morgan fingerprint density at radius 2 is 1.65 bits per heavy atom. The normalized spacial score (nSPS) is 10.3. The molecule has 20 heavy (non-hydrogen) atoms. The quantitative estimate of drug-likeness (QED) is 0.532. The van der Waals surface area contributed by atoms with Crippen LogP contribution >= 0.6 is 0 Å². The third kappa shape index (κ3) is 2.63. The predicted molar refractivity (Wildman–Crippen MR) is 63.9 cm³/mol. The van der Waals surface area contributed by atoms with Gasteiger partial charge in [0.05, 0.1) is 22.7 Å². The SMILES string of the molecule is Nc1cc(Oc2c(F)cc([N+](=O)[O-])cc2F)ccc1F. The highest BCUT2D eigenvalue weighted by Gasteiger charge is 2.19. The van der Waals surface area contributed by atoms with Crippen molar-refractivity contribution in [3.8, 4) is 11.5 Å². The van der Waals surface area contributed by atoms with E-state index in [2.05, 4.69) is 0 Å². The van der Waals surface area contributed by atoms with E-state index in [4.69, 9.17) is 10.5 Å². The van der Waals surface area contributed by atoms with Gasteiger partial charge in [-0.05, 0) is 12.1 Å². The number of nitrogen functional groups attached to an aromatic ring is 1. The first-order chi connectivity index (χ1) is 9.38. The highest BCUT2D eigenvalue weighted by atomic mass is 19.1. The minimum Gasteiger partial charge on any atom is -0.451 e. The number of nitrogens with zero attached hydrogens (tertiary/aromatic N) is 1. The molecule has 2 aromatic carbocycles. The second-order valence-corrected chi connectivity index (χ2v) is 3.78. The summed E-state index contributed by atoms with van der Waals surface area (Å²) in [4.78, 5) is 9.49. The maximum absolute atomic E-state index is 13.6. The van der Waals surface area contributed by atoms with Crippen LogP contribution in [0, 0.1) is 27.6 Å². The van der Waals surface area contributed by atoms with Crippen LogP contribution in [0.25, 0.3) is 0 Å². The Balaban J connectivity index is 2.38. The van der Waals surface area contributed by atoms with Crippen LogP contribution in [-0.4, -0.2) is 4.92 Å². The molecule has 5 nitrogen and oxygen atoms in total. The van der Waals surface area contributed by atoms with Crippen LogP contribution in [0.4, 0.5) is 24.5 Å². The van der Waals surface area contributed by atoms with Gasteiger partial charge in [-0.15, -0.1) is 0 Å². The van der Waals surface area contributed by atoms with Crippen molar-refractivity contribution >= 4 is 11.4 Å². The van der Waals surface area contributed by atoms with Gasteiger partial charge in [-0.3, -0.25) is 10.1 Å². The molecule has 0 heterocycles. The maximum atomic E-state index is 13.6. The zero-order chi connectivity index (χ0) is 14.9. The van der Waals surface area contributed by atoms with Crippen molar-refractivity contribution in [3.05, 3.63) is 57.9 Å². The van der Waals surface area contributed by atoms with Crippen LogP contribution in [0.15, 0.2) is 30.3 Å². The van der Waals surface area contributed by atoms with E-state index in [0.717, 1.165) is 18.2 Å². The molecule has 0 aliphatic heterocycles. The molecular formula is C12H7F3N2O3. The largest absolute Gasteiger partial charge is 0.451 e. The molecule has 0 unspecified atom stereocenters. The molecule has 0 spiro atoms. The molecule has 2 N–H and O–H groups in total. The first-order valence-corrected chi connectivity index (χ1v) is 5.25. The van der Waals surface area contributed by atoms with Gasteiger partial charge in [0.25, 0.3) is 5.69 Å². The lowest BCUT2D eigenvalue weighted by Gasteiger charge is -2.08. The number of hydrogen-bond acceptors (Lipinski definition) is 4. The third-order valence-electron chi connectivity index (χ3n) is 2.38. The lowest BCUT2D eigenvalue weighted by atomic mass is 10.2. The number of rotatable bonds is 3. The summed E-state index contributed by atoms with van der Waals surface area (Å²) < 4.78 is 44.9. The fourth-order valence-corrected chi connectivity index (χ4v) is 1.45. The van der Waals surface area contributed by atoms with Crippen molar-refractivity contribution in [2.24, 2.45) is 0 Å². The lowest BCUT2D eigenvalue weighted by molar-refractivity contribution is -0.385. The molecule has 0 fully saturated rings. The molecule has 8 heteroatoms. The van der Waals surface area contributed by atoms with Gasteiger partial charge < -0.3 is 10.5 Å². The van der Waals surface area contributed by atoms with Gasteiger partial charge in [0.15, 0.2) is 17.4 Å². The van der Waals surface area contributed by atoms with Crippen molar-refractivity contribution in [3.63, 3.8) is 0 Å². The first-order valence-electron chi connectivity index (χ1n) is 5.25. The fraction of sp³-hybridized carbons (Fsp3) is 0. The Morgan fingerprint density at radius 3 is 2.15 bits per heavy atom. The highest BCUT2D eigenvalue weighted by Crippen LogP contribution is 2.31. The molecule has 0 amide bonds. The number of nitrogens with two attached hydrogens (primary N) is 1. The van der Waals surface area contributed by atoms with Gasteiger partial charge in [0, 0.05) is 6.07 Å². The molecule has 0 saturated heterocycles. The van der Waals surface area contributed by atoms with E-state index in [1.54, 1.807) is 0 Å².